The molecule has 1 spiro atoms. The minimum atomic E-state index is -0.277. The largest absolute Gasteiger partial charge is 0.495 e. The van der Waals surface area contributed by atoms with E-state index in [1.54, 1.807) is 7.11 Å². The summed E-state index contributed by atoms with van der Waals surface area (Å²) in [5.74, 6) is 0.468. The fraction of sp³-hybridized carbons (Fsp3) is 0.625. The minimum absolute atomic E-state index is 0.277. The van der Waals surface area contributed by atoms with Crippen molar-refractivity contribution < 1.29 is 14.2 Å². The minimum Gasteiger partial charge on any atom is -0.495 e. The Balaban J connectivity index is 1.49. The molecular weight excluding hydrogens is 268 g/mol. The SMILES string of the molecule is COc1ccc(CCN2CCC3(CC2)OCCO3)cc1N. The van der Waals surface area contributed by atoms with Gasteiger partial charge in [-0.2, -0.15) is 0 Å². The molecule has 2 saturated heterocycles. The fourth-order valence-corrected chi connectivity index (χ4v) is 3.13. The molecule has 1 aromatic carbocycles. The number of nitrogens with zero attached hydrogens (tertiary/aromatic N) is 1. The van der Waals surface area contributed by atoms with Gasteiger partial charge in [-0.25, -0.2) is 0 Å². The van der Waals surface area contributed by atoms with Gasteiger partial charge in [0.25, 0.3) is 0 Å². The summed E-state index contributed by atoms with van der Waals surface area (Å²) in [7, 11) is 1.64. The Morgan fingerprint density at radius 3 is 2.57 bits per heavy atom. The molecule has 2 aliphatic rings. The van der Waals surface area contributed by atoms with E-state index in [9.17, 15) is 0 Å². The van der Waals surface area contributed by atoms with Gasteiger partial charge in [0.1, 0.15) is 5.75 Å². The molecule has 2 N–H and O–H groups in total. The van der Waals surface area contributed by atoms with Gasteiger partial charge in [-0.05, 0) is 24.1 Å². The van der Waals surface area contributed by atoms with Gasteiger partial charge in [0.05, 0.1) is 26.0 Å². The number of piperidine rings is 1. The van der Waals surface area contributed by atoms with Crippen LogP contribution < -0.4 is 10.5 Å². The number of benzene rings is 1. The first-order valence-electron chi connectivity index (χ1n) is 7.63. The second kappa shape index (κ2) is 6.22. The van der Waals surface area contributed by atoms with Crippen LogP contribution in [0.5, 0.6) is 5.75 Å². The van der Waals surface area contributed by atoms with Crippen LogP contribution in [0.15, 0.2) is 18.2 Å². The molecule has 0 unspecified atom stereocenters. The highest BCUT2D eigenvalue weighted by Gasteiger charge is 2.39. The Morgan fingerprint density at radius 1 is 1.24 bits per heavy atom. The lowest BCUT2D eigenvalue weighted by Crippen LogP contribution is -2.45. The number of hydrogen-bond donors (Lipinski definition) is 1. The van der Waals surface area contributed by atoms with Gasteiger partial charge in [-0.3, -0.25) is 0 Å². The second-order valence-corrected chi connectivity index (χ2v) is 5.78. The molecule has 3 rings (SSSR count). The topological polar surface area (TPSA) is 57.0 Å². The maximum Gasteiger partial charge on any atom is 0.170 e. The molecule has 0 saturated carbocycles. The van der Waals surface area contributed by atoms with Crippen molar-refractivity contribution in [1.82, 2.24) is 4.90 Å². The summed E-state index contributed by atoms with van der Waals surface area (Å²) in [6, 6.07) is 6.04. The Bertz CT molecular complexity index is 476. The normalized spacial score (nSPS) is 21.8. The predicted octanol–water partition coefficient (Wildman–Crippen LogP) is 1.66. The van der Waals surface area contributed by atoms with Crippen molar-refractivity contribution in [1.29, 1.82) is 0 Å². The number of ether oxygens (including phenoxy) is 3. The molecule has 2 fully saturated rings. The average molecular weight is 292 g/mol. The summed E-state index contributed by atoms with van der Waals surface area (Å²) in [4.78, 5) is 2.47. The third-order valence-electron chi connectivity index (χ3n) is 4.44. The summed E-state index contributed by atoms with van der Waals surface area (Å²) in [5, 5.41) is 0. The first-order valence-corrected chi connectivity index (χ1v) is 7.63. The Kier molecular flexibility index (Phi) is 4.33. The maximum atomic E-state index is 5.95. The molecule has 5 nitrogen and oxygen atoms in total. The van der Waals surface area contributed by atoms with E-state index in [2.05, 4.69) is 11.0 Å². The van der Waals surface area contributed by atoms with Gasteiger partial charge >= 0.3 is 0 Å². The van der Waals surface area contributed by atoms with E-state index < -0.39 is 0 Å². The van der Waals surface area contributed by atoms with E-state index in [0.29, 0.717) is 5.69 Å². The summed E-state index contributed by atoms with van der Waals surface area (Å²) < 4.78 is 16.7. The maximum absolute atomic E-state index is 5.95. The van der Waals surface area contributed by atoms with Crippen LogP contribution in [0, 0.1) is 0 Å². The van der Waals surface area contributed by atoms with Crippen LogP contribution in [0.3, 0.4) is 0 Å². The number of likely N-dealkylation sites (tertiary alicyclic amines) is 1. The Hall–Kier alpha value is -1.30. The quantitative estimate of drug-likeness (QED) is 0.855. The van der Waals surface area contributed by atoms with Gasteiger partial charge in [-0.15, -0.1) is 0 Å². The first-order chi connectivity index (χ1) is 10.2. The molecule has 0 atom stereocenters. The third kappa shape index (κ3) is 3.31. The molecule has 0 bridgehead atoms. The molecule has 2 heterocycles. The zero-order valence-corrected chi connectivity index (χ0v) is 12.6. The van der Waals surface area contributed by atoms with Crippen molar-refractivity contribution in [3.63, 3.8) is 0 Å². The highest BCUT2D eigenvalue weighted by atomic mass is 16.7. The predicted molar refractivity (Wildman–Crippen MR) is 81.4 cm³/mol. The number of anilines is 1. The van der Waals surface area contributed by atoms with E-state index in [4.69, 9.17) is 19.9 Å². The van der Waals surface area contributed by atoms with Crippen LogP contribution in [0.25, 0.3) is 0 Å². The molecule has 0 radical (unpaired) electrons. The van der Waals surface area contributed by atoms with Crippen LogP contribution in [0.4, 0.5) is 5.69 Å². The lowest BCUT2D eigenvalue weighted by Gasteiger charge is -2.37. The number of rotatable bonds is 4. The Labute approximate surface area is 126 Å². The van der Waals surface area contributed by atoms with Crippen molar-refractivity contribution in [2.45, 2.75) is 25.0 Å². The smallest absolute Gasteiger partial charge is 0.170 e. The van der Waals surface area contributed by atoms with E-state index >= 15 is 0 Å². The number of nitrogen functional groups attached to an aromatic ring is 1. The number of hydrogen-bond acceptors (Lipinski definition) is 5. The van der Waals surface area contributed by atoms with Gasteiger partial charge in [0, 0.05) is 32.5 Å². The van der Waals surface area contributed by atoms with Crippen molar-refractivity contribution >= 4 is 5.69 Å². The number of methoxy groups -OCH3 is 1. The first kappa shape index (κ1) is 14.6. The van der Waals surface area contributed by atoms with Crippen molar-refractivity contribution in [3.05, 3.63) is 23.8 Å². The van der Waals surface area contributed by atoms with E-state index in [-0.39, 0.29) is 5.79 Å². The van der Waals surface area contributed by atoms with Gasteiger partial charge < -0.3 is 24.8 Å². The molecule has 5 heteroatoms. The van der Waals surface area contributed by atoms with Crippen LogP contribution in [0.2, 0.25) is 0 Å². The van der Waals surface area contributed by atoms with E-state index in [1.807, 2.05) is 12.1 Å². The highest BCUT2D eigenvalue weighted by Crippen LogP contribution is 2.31. The lowest BCUT2D eigenvalue weighted by atomic mass is 10.0. The molecule has 1 aromatic rings. The van der Waals surface area contributed by atoms with Crippen LogP contribution in [-0.2, 0) is 15.9 Å². The summed E-state index contributed by atoms with van der Waals surface area (Å²) in [5.41, 5.74) is 7.91. The van der Waals surface area contributed by atoms with Crippen molar-refractivity contribution in [3.8, 4) is 5.75 Å². The van der Waals surface area contributed by atoms with Crippen LogP contribution in [-0.4, -0.2) is 50.6 Å². The zero-order chi connectivity index (χ0) is 14.7. The van der Waals surface area contributed by atoms with Gasteiger partial charge in [0.2, 0.25) is 0 Å². The Morgan fingerprint density at radius 2 is 1.95 bits per heavy atom. The summed E-state index contributed by atoms with van der Waals surface area (Å²) in [6.07, 6.45) is 2.94. The second-order valence-electron chi connectivity index (χ2n) is 5.78. The molecular formula is C16H24N2O3. The lowest BCUT2D eigenvalue weighted by molar-refractivity contribution is -0.185. The van der Waals surface area contributed by atoms with Crippen molar-refractivity contribution in [2.75, 3.05) is 45.7 Å². The van der Waals surface area contributed by atoms with Gasteiger partial charge in [-0.1, -0.05) is 6.07 Å². The average Bonchev–Trinajstić information content (AvgIpc) is 2.95. The van der Waals surface area contributed by atoms with Gasteiger partial charge in [0.15, 0.2) is 5.79 Å². The number of nitrogens with two attached hydrogens (primary N) is 1. The van der Waals surface area contributed by atoms with Crippen LogP contribution in [0.1, 0.15) is 18.4 Å². The molecule has 0 aliphatic carbocycles. The molecule has 2 aliphatic heterocycles. The summed E-state index contributed by atoms with van der Waals surface area (Å²) in [6.45, 7) is 4.59. The monoisotopic (exact) mass is 292 g/mol. The van der Waals surface area contributed by atoms with Crippen LogP contribution >= 0.6 is 0 Å². The molecule has 0 amide bonds. The molecule has 0 aromatic heterocycles. The van der Waals surface area contributed by atoms with E-state index in [0.717, 1.165) is 57.9 Å². The van der Waals surface area contributed by atoms with Crippen molar-refractivity contribution in [2.24, 2.45) is 0 Å². The molecule has 116 valence electrons. The third-order valence-corrected chi connectivity index (χ3v) is 4.44. The summed E-state index contributed by atoms with van der Waals surface area (Å²) >= 11 is 0. The highest BCUT2D eigenvalue weighted by molar-refractivity contribution is 5.54. The standard InChI is InChI=1S/C16H24N2O3/c1-19-15-3-2-13(12-14(15)17)4-7-18-8-5-16(6-9-18)20-10-11-21-16/h2-3,12H,4-11,17H2,1H3. The van der Waals surface area contributed by atoms with E-state index in [1.165, 1.54) is 5.56 Å². The fourth-order valence-electron chi connectivity index (χ4n) is 3.13. The zero-order valence-electron chi connectivity index (χ0n) is 12.6. The molecule has 21 heavy (non-hydrogen) atoms.